The third-order valence-electron chi connectivity index (χ3n) is 4.50. The molecule has 0 aromatic heterocycles. The zero-order chi connectivity index (χ0) is 7.85. The van der Waals surface area contributed by atoms with Gasteiger partial charge in [-0.1, -0.05) is 13.8 Å². The monoisotopic (exact) mass is 152 g/mol. The van der Waals surface area contributed by atoms with Crippen molar-refractivity contribution in [2.75, 3.05) is 0 Å². The molecule has 1 saturated heterocycles. The molecule has 3 aliphatic rings. The molecule has 0 radical (unpaired) electrons. The van der Waals surface area contributed by atoms with E-state index in [2.05, 4.69) is 20.8 Å². The van der Waals surface area contributed by atoms with Gasteiger partial charge in [0.05, 0.1) is 11.7 Å². The summed E-state index contributed by atoms with van der Waals surface area (Å²) in [6.07, 6.45) is 3.44. The molecular weight excluding hydrogens is 136 g/mol. The molecule has 62 valence electrons. The predicted molar refractivity (Wildman–Crippen MR) is 43.3 cm³/mol. The summed E-state index contributed by atoms with van der Waals surface area (Å²) < 4.78 is 5.67. The standard InChI is InChI=1S/C10H16O/c1-6(2)10-4-7(10)9(3)8(5-10)11-9/h6-8H,4-5H2,1-3H3/t7-,8+,9-,10+/m1/s1. The van der Waals surface area contributed by atoms with Gasteiger partial charge >= 0.3 is 0 Å². The van der Waals surface area contributed by atoms with Gasteiger partial charge in [0.1, 0.15) is 0 Å². The van der Waals surface area contributed by atoms with E-state index in [0.29, 0.717) is 11.7 Å². The molecule has 1 heteroatoms. The van der Waals surface area contributed by atoms with Crippen molar-refractivity contribution in [1.82, 2.24) is 0 Å². The fourth-order valence-corrected chi connectivity index (χ4v) is 3.36. The van der Waals surface area contributed by atoms with Crippen molar-refractivity contribution in [1.29, 1.82) is 0 Å². The normalized spacial score (nSPS) is 64.4. The van der Waals surface area contributed by atoms with E-state index in [1.165, 1.54) is 12.8 Å². The van der Waals surface area contributed by atoms with Gasteiger partial charge in [0.25, 0.3) is 0 Å². The first-order chi connectivity index (χ1) is 5.09. The predicted octanol–water partition coefficient (Wildman–Crippen LogP) is 2.21. The number of rotatable bonds is 1. The van der Waals surface area contributed by atoms with Crippen LogP contribution in [-0.2, 0) is 4.74 Å². The summed E-state index contributed by atoms with van der Waals surface area (Å²) in [5.41, 5.74) is 1.06. The molecule has 0 bridgehead atoms. The highest BCUT2D eigenvalue weighted by Gasteiger charge is 2.79. The van der Waals surface area contributed by atoms with Crippen molar-refractivity contribution in [2.24, 2.45) is 17.3 Å². The summed E-state index contributed by atoms with van der Waals surface area (Å²) in [6.45, 7) is 7.04. The molecule has 1 heterocycles. The van der Waals surface area contributed by atoms with Crippen LogP contribution in [0.25, 0.3) is 0 Å². The first-order valence-corrected chi connectivity index (χ1v) is 4.77. The van der Waals surface area contributed by atoms with Crippen LogP contribution in [0.15, 0.2) is 0 Å². The summed E-state index contributed by atoms with van der Waals surface area (Å²) >= 11 is 0. The third-order valence-corrected chi connectivity index (χ3v) is 4.50. The smallest absolute Gasteiger partial charge is 0.0954 e. The highest BCUT2D eigenvalue weighted by atomic mass is 16.6. The lowest BCUT2D eigenvalue weighted by atomic mass is 9.89. The molecule has 4 atom stereocenters. The molecule has 0 unspecified atom stereocenters. The van der Waals surface area contributed by atoms with Gasteiger partial charge in [0, 0.05) is 0 Å². The van der Waals surface area contributed by atoms with E-state index in [0.717, 1.165) is 17.3 Å². The fourth-order valence-electron chi connectivity index (χ4n) is 3.36. The minimum atomic E-state index is 0.338. The van der Waals surface area contributed by atoms with Crippen molar-refractivity contribution in [3.63, 3.8) is 0 Å². The third kappa shape index (κ3) is 0.516. The molecule has 11 heavy (non-hydrogen) atoms. The fraction of sp³-hybridized carbons (Fsp3) is 1.00. The van der Waals surface area contributed by atoms with E-state index in [1.54, 1.807) is 0 Å². The number of ether oxygens (including phenoxy) is 1. The quantitative estimate of drug-likeness (QED) is 0.525. The Kier molecular flexibility index (Phi) is 0.820. The lowest BCUT2D eigenvalue weighted by Crippen LogP contribution is -2.13. The molecule has 1 aliphatic heterocycles. The number of hydrogen-bond acceptors (Lipinski definition) is 1. The first kappa shape index (κ1) is 6.47. The molecule has 3 rings (SSSR count). The van der Waals surface area contributed by atoms with E-state index in [1.807, 2.05) is 0 Å². The molecule has 1 nitrogen and oxygen atoms in total. The first-order valence-electron chi connectivity index (χ1n) is 4.77. The lowest BCUT2D eigenvalue weighted by molar-refractivity contribution is 0.187. The van der Waals surface area contributed by atoms with Gasteiger partial charge in [-0.25, -0.2) is 0 Å². The van der Waals surface area contributed by atoms with E-state index in [9.17, 15) is 0 Å². The molecule has 2 saturated carbocycles. The molecule has 2 aliphatic carbocycles. The van der Waals surface area contributed by atoms with Crippen LogP contribution in [0.3, 0.4) is 0 Å². The Morgan fingerprint density at radius 3 is 2.45 bits per heavy atom. The van der Waals surface area contributed by atoms with Crippen LogP contribution < -0.4 is 0 Å². The maximum atomic E-state index is 5.67. The summed E-state index contributed by atoms with van der Waals surface area (Å²) in [7, 11) is 0. The summed E-state index contributed by atoms with van der Waals surface area (Å²) in [4.78, 5) is 0. The number of fused-ring (bicyclic) bond motifs is 3. The van der Waals surface area contributed by atoms with Crippen LogP contribution in [0.5, 0.6) is 0 Å². The van der Waals surface area contributed by atoms with Crippen molar-refractivity contribution in [3.05, 3.63) is 0 Å². The van der Waals surface area contributed by atoms with Crippen molar-refractivity contribution in [2.45, 2.75) is 45.3 Å². The van der Waals surface area contributed by atoms with Gasteiger partial charge in [-0.2, -0.15) is 0 Å². The zero-order valence-corrected chi connectivity index (χ0v) is 7.55. The van der Waals surface area contributed by atoms with Gasteiger partial charge in [0.2, 0.25) is 0 Å². The Hall–Kier alpha value is -0.0400. The van der Waals surface area contributed by atoms with E-state index in [-0.39, 0.29) is 0 Å². The summed E-state index contributed by atoms with van der Waals surface area (Å²) in [6, 6.07) is 0. The Labute approximate surface area is 68.1 Å². The van der Waals surface area contributed by atoms with Gasteiger partial charge < -0.3 is 4.74 Å². The van der Waals surface area contributed by atoms with Crippen LogP contribution in [0.4, 0.5) is 0 Å². The van der Waals surface area contributed by atoms with Crippen LogP contribution in [0, 0.1) is 17.3 Å². The maximum absolute atomic E-state index is 5.67. The maximum Gasteiger partial charge on any atom is 0.0954 e. The van der Waals surface area contributed by atoms with Gasteiger partial charge in [-0.3, -0.25) is 0 Å². The van der Waals surface area contributed by atoms with Gasteiger partial charge in [-0.15, -0.1) is 0 Å². The van der Waals surface area contributed by atoms with Crippen molar-refractivity contribution < 1.29 is 4.74 Å². The van der Waals surface area contributed by atoms with E-state index >= 15 is 0 Å². The molecular formula is C10H16O. The molecule has 0 aromatic carbocycles. The second kappa shape index (κ2) is 1.39. The Morgan fingerprint density at radius 2 is 2.09 bits per heavy atom. The Morgan fingerprint density at radius 1 is 1.36 bits per heavy atom. The molecule has 0 aromatic rings. The summed E-state index contributed by atoms with van der Waals surface area (Å²) in [5.74, 6) is 1.79. The lowest BCUT2D eigenvalue weighted by Gasteiger charge is -2.17. The van der Waals surface area contributed by atoms with Crippen LogP contribution in [-0.4, -0.2) is 11.7 Å². The van der Waals surface area contributed by atoms with Crippen molar-refractivity contribution in [3.8, 4) is 0 Å². The molecule has 0 N–H and O–H groups in total. The molecule has 0 spiro atoms. The number of hydrogen-bond donors (Lipinski definition) is 0. The van der Waals surface area contributed by atoms with Gasteiger partial charge in [-0.05, 0) is 37.0 Å². The van der Waals surface area contributed by atoms with Crippen LogP contribution in [0.1, 0.15) is 33.6 Å². The molecule has 0 amide bonds. The highest BCUT2D eigenvalue weighted by molar-refractivity contribution is 5.27. The average Bonchev–Trinajstić information content (AvgIpc) is 2.74. The van der Waals surface area contributed by atoms with E-state index in [4.69, 9.17) is 4.74 Å². The van der Waals surface area contributed by atoms with Crippen LogP contribution >= 0.6 is 0 Å². The SMILES string of the molecule is CC(C)[C@]12C[C@@H]3O[C@]3(C)[C@H]1C2. The number of epoxide rings is 1. The minimum Gasteiger partial charge on any atom is -0.366 e. The topological polar surface area (TPSA) is 12.5 Å². The van der Waals surface area contributed by atoms with Crippen molar-refractivity contribution >= 4 is 0 Å². The second-order valence-corrected chi connectivity index (χ2v) is 5.14. The van der Waals surface area contributed by atoms with Crippen LogP contribution in [0.2, 0.25) is 0 Å². The highest BCUT2D eigenvalue weighted by Crippen LogP contribution is 2.78. The largest absolute Gasteiger partial charge is 0.366 e. The Bertz CT molecular complexity index is 223. The van der Waals surface area contributed by atoms with Gasteiger partial charge in [0.15, 0.2) is 0 Å². The van der Waals surface area contributed by atoms with E-state index < -0.39 is 0 Å². The minimum absolute atomic E-state index is 0.338. The summed E-state index contributed by atoms with van der Waals surface area (Å²) in [5, 5.41) is 0. The Balaban J connectivity index is 1.91. The average molecular weight is 152 g/mol. The zero-order valence-electron chi connectivity index (χ0n) is 7.55. The second-order valence-electron chi connectivity index (χ2n) is 5.14. The molecule has 3 fully saturated rings.